The summed E-state index contributed by atoms with van der Waals surface area (Å²) in [6, 6.07) is 16.7. The lowest BCUT2D eigenvalue weighted by atomic mass is 10.0. The Morgan fingerprint density at radius 2 is 1.83 bits per heavy atom. The van der Waals surface area contributed by atoms with E-state index >= 15 is 0 Å². The summed E-state index contributed by atoms with van der Waals surface area (Å²) in [4.78, 5) is 5.61. The summed E-state index contributed by atoms with van der Waals surface area (Å²) in [5, 5.41) is 2.20. The summed E-state index contributed by atoms with van der Waals surface area (Å²) in [6.45, 7) is 2.15. The van der Waals surface area contributed by atoms with Crippen LogP contribution in [-0.2, 0) is 0 Å². The molecule has 0 aliphatic rings. The molecule has 2 aromatic heterocycles. The van der Waals surface area contributed by atoms with Crippen molar-refractivity contribution >= 4 is 11.3 Å². The van der Waals surface area contributed by atoms with Gasteiger partial charge in [-0.15, -0.1) is 11.3 Å². The Bertz CT molecular complexity index is 656. The molecule has 1 aromatic carbocycles. The Morgan fingerprint density at radius 1 is 1.00 bits per heavy atom. The lowest BCUT2D eigenvalue weighted by Crippen LogP contribution is -1.79. The fourth-order valence-corrected chi connectivity index (χ4v) is 2.90. The minimum absolute atomic E-state index is 1.04. The second-order valence-electron chi connectivity index (χ2n) is 4.23. The zero-order chi connectivity index (χ0) is 12.4. The topological polar surface area (TPSA) is 12.9 Å². The molecule has 0 fully saturated rings. The van der Waals surface area contributed by atoms with Crippen molar-refractivity contribution in [2.45, 2.75) is 6.92 Å². The van der Waals surface area contributed by atoms with E-state index in [-0.39, 0.29) is 0 Å². The van der Waals surface area contributed by atoms with Gasteiger partial charge in [0.1, 0.15) is 0 Å². The van der Waals surface area contributed by atoms with Crippen molar-refractivity contribution in [3.05, 3.63) is 65.7 Å². The predicted octanol–water partition coefficient (Wildman–Crippen LogP) is 4.79. The highest BCUT2D eigenvalue weighted by Crippen LogP contribution is 2.32. The number of thiophene rings is 1. The highest BCUT2D eigenvalue weighted by Gasteiger charge is 2.06. The van der Waals surface area contributed by atoms with Crippen LogP contribution < -0.4 is 0 Å². The molecule has 0 unspecified atom stereocenters. The molecule has 0 bridgehead atoms. The van der Waals surface area contributed by atoms with E-state index < -0.39 is 0 Å². The zero-order valence-corrected chi connectivity index (χ0v) is 10.9. The van der Waals surface area contributed by atoms with Crippen LogP contribution in [0.1, 0.15) is 5.56 Å². The van der Waals surface area contributed by atoms with E-state index in [1.54, 1.807) is 11.3 Å². The monoisotopic (exact) mass is 251 g/mol. The van der Waals surface area contributed by atoms with Crippen LogP contribution in [0.2, 0.25) is 0 Å². The van der Waals surface area contributed by atoms with Crippen LogP contribution in [0.3, 0.4) is 0 Å². The maximum atomic E-state index is 4.39. The predicted molar refractivity (Wildman–Crippen MR) is 77.7 cm³/mol. The molecule has 88 valence electrons. The number of pyridine rings is 1. The van der Waals surface area contributed by atoms with Crippen LogP contribution in [0.5, 0.6) is 0 Å². The number of benzene rings is 1. The summed E-state index contributed by atoms with van der Waals surface area (Å²) in [5.41, 5.74) is 4.93. The van der Waals surface area contributed by atoms with Gasteiger partial charge < -0.3 is 0 Å². The lowest BCUT2D eigenvalue weighted by Gasteiger charge is -2.01. The van der Waals surface area contributed by atoms with Gasteiger partial charge in [-0.2, -0.15) is 0 Å². The third kappa shape index (κ3) is 2.07. The molecule has 0 saturated carbocycles. The molecular formula is C16H13NS. The molecule has 3 rings (SSSR count). The number of rotatable bonds is 2. The van der Waals surface area contributed by atoms with E-state index in [1.807, 2.05) is 24.4 Å². The molecule has 0 spiro atoms. The molecule has 3 aromatic rings. The number of aromatic nitrogens is 1. The van der Waals surface area contributed by atoms with Gasteiger partial charge >= 0.3 is 0 Å². The molecule has 1 nitrogen and oxygen atoms in total. The second kappa shape index (κ2) is 4.75. The third-order valence-corrected chi connectivity index (χ3v) is 3.93. The van der Waals surface area contributed by atoms with Crippen LogP contribution in [0.15, 0.2) is 60.1 Å². The molecule has 0 saturated heterocycles. The molecular weight excluding hydrogens is 238 g/mol. The number of aryl methyl sites for hydroxylation is 1. The molecule has 0 radical (unpaired) electrons. The summed E-state index contributed by atoms with van der Waals surface area (Å²) in [5.74, 6) is 0. The van der Waals surface area contributed by atoms with E-state index in [9.17, 15) is 0 Å². The van der Waals surface area contributed by atoms with Gasteiger partial charge in [0, 0.05) is 6.20 Å². The van der Waals surface area contributed by atoms with E-state index in [2.05, 4.69) is 47.6 Å². The number of hydrogen-bond acceptors (Lipinski definition) is 2. The van der Waals surface area contributed by atoms with Crippen molar-refractivity contribution in [2.75, 3.05) is 0 Å². The van der Waals surface area contributed by atoms with E-state index in [1.165, 1.54) is 21.6 Å². The Labute approximate surface area is 111 Å². The van der Waals surface area contributed by atoms with Crippen molar-refractivity contribution in [1.82, 2.24) is 4.98 Å². The van der Waals surface area contributed by atoms with Crippen molar-refractivity contribution in [3.63, 3.8) is 0 Å². The lowest BCUT2D eigenvalue weighted by molar-refractivity contribution is 1.34. The first kappa shape index (κ1) is 11.2. The van der Waals surface area contributed by atoms with Gasteiger partial charge in [0.25, 0.3) is 0 Å². The van der Waals surface area contributed by atoms with Gasteiger partial charge in [-0.1, -0.05) is 30.3 Å². The number of nitrogens with zero attached hydrogens (tertiary/aromatic N) is 1. The molecule has 0 amide bonds. The van der Waals surface area contributed by atoms with Gasteiger partial charge in [0.15, 0.2) is 0 Å². The first-order valence-electron chi connectivity index (χ1n) is 5.90. The van der Waals surface area contributed by atoms with Crippen LogP contribution in [0, 0.1) is 6.92 Å². The Morgan fingerprint density at radius 3 is 2.61 bits per heavy atom. The Kier molecular flexibility index (Phi) is 2.95. The Hall–Kier alpha value is -1.93. The summed E-state index contributed by atoms with van der Waals surface area (Å²) < 4.78 is 0. The summed E-state index contributed by atoms with van der Waals surface area (Å²) in [6.07, 6.45) is 1.84. The normalized spacial score (nSPS) is 10.5. The van der Waals surface area contributed by atoms with Crippen molar-refractivity contribution in [3.8, 4) is 21.7 Å². The number of hydrogen-bond donors (Lipinski definition) is 0. The van der Waals surface area contributed by atoms with Gasteiger partial charge in [0.2, 0.25) is 0 Å². The first-order chi connectivity index (χ1) is 8.84. The molecule has 2 heterocycles. The fourth-order valence-electron chi connectivity index (χ4n) is 2.02. The SMILES string of the molecule is Cc1ccccc1-c1csc(-c2ccccn2)c1. The molecule has 0 N–H and O–H groups in total. The molecule has 0 aliphatic heterocycles. The maximum absolute atomic E-state index is 4.39. The van der Waals surface area contributed by atoms with Gasteiger partial charge in [-0.25, -0.2) is 0 Å². The average Bonchev–Trinajstić information content (AvgIpc) is 2.90. The van der Waals surface area contributed by atoms with E-state index in [4.69, 9.17) is 0 Å². The standard InChI is InChI=1S/C16H13NS/c1-12-6-2-3-7-14(12)13-10-16(18-11-13)15-8-4-5-9-17-15/h2-11H,1H3. The van der Waals surface area contributed by atoms with Crippen LogP contribution in [-0.4, -0.2) is 4.98 Å². The van der Waals surface area contributed by atoms with Gasteiger partial charge in [-0.05, 0) is 47.2 Å². The quantitative estimate of drug-likeness (QED) is 0.638. The zero-order valence-electron chi connectivity index (χ0n) is 10.1. The highest BCUT2D eigenvalue weighted by atomic mass is 32.1. The largest absolute Gasteiger partial charge is 0.255 e. The average molecular weight is 251 g/mol. The molecule has 0 aliphatic carbocycles. The van der Waals surface area contributed by atoms with Crippen molar-refractivity contribution in [2.24, 2.45) is 0 Å². The van der Waals surface area contributed by atoms with E-state index in [0.717, 1.165) is 5.69 Å². The fraction of sp³-hybridized carbons (Fsp3) is 0.0625. The first-order valence-corrected chi connectivity index (χ1v) is 6.78. The second-order valence-corrected chi connectivity index (χ2v) is 5.14. The maximum Gasteiger partial charge on any atom is 0.0801 e. The van der Waals surface area contributed by atoms with Gasteiger partial charge in [0.05, 0.1) is 10.6 Å². The summed E-state index contributed by atoms with van der Waals surface area (Å²) in [7, 11) is 0. The molecule has 2 heteroatoms. The van der Waals surface area contributed by atoms with Crippen LogP contribution in [0.4, 0.5) is 0 Å². The van der Waals surface area contributed by atoms with Gasteiger partial charge in [-0.3, -0.25) is 4.98 Å². The van der Waals surface area contributed by atoms with Crippen LogP contribution >= 0.6 is 11.3 Å². The minimum atomic E-state index is 1.04. The smallest absolute Gasteiger partial charge is 0.0801 e. The highest BCUT2D eigenvalue weighted by molar-refractivity contribution is 7.14. The minimum Gasteiger partial charge on any atom is -0.255 e. The third-order valence-electron chi connectivity index (χ3n) is 2.97. The molecule has 0 atom stereocenters. The van der Waals surface area contributed by atoms with Crippen LogP contribution in [0.25, 0.3) is 21.7 Å². The van der Waals surface area contributed by atoms with Crippen molar-refractivity contribution < 1.29 is 0 Å². The Balaban J connectivity index is 2.03. The molecule has 18 heavy (non-hydrogen) atoms. The van der Waals surface area contributed by atoms with E-state index in [0.29, 0.717) is 0 Å². The van der Waals surface area contributed by atoms with Crippen molar-refractivity contribution in [1.29, 1.82) is 0 Å². The summed E-state index contributed by atoms with van der Waals surface area (Å²) >= 11 is 1.74.